The molecular formula is C14H18F3NO2. The Morgan fingerprint density at radius 3 is 2.60 bits per heavy atom. The maximum atomic E-state index is 12.1. The van der Waals surface area contributed by atoms with Gasteiger partial charge in [-0.05, 0) is 31.9 Å². The standard InChI is InChI=1S/C14H18F3NO2/c1-10(3-2-6-14(15,16)17)18-11-4-5-12-13(9-11)20-8-7-19-12/h4-5,9-10,18H,2-3,6-8H2,1H3. The lowest BCUT2D eigenvalue weighted by molar-refractivity contribution is -0.135. The van der Waals surface area contributed by atoms with Gasteiger partial charge < -0.3 is 14.8 Å². The van der Waals surface area contributed by atoms with Crippen LogP contribution in [0.1, 0.15) is 26.2 Å². The fourth-order valence-corrected chi connectivity index (χ4v) is 2.10. The van der Waals surface area contributed by atoms with Crippen LogP contribution in [0.5, 0.6) is 11.5 Å². The molecule has 2 rings (SSSR count). The van der Waals surface area contributed by atoms with Gasteiger partial charge in [-0.2, -0.15) is 13.2 Å². The minimum atomic E-state index is -4.07. The van der Waals surface area contributed by atoms with E-state index in [2.05, 4.69) is 5.32 Å². The minimum Gasteiger partial charge on any atom is -0.486 e. The maximum absolute atomic E-state index is 12.1. The Kier molecular flexibility index (Phi) is 4.62. The maximum Gasteiger partial charge on any atom is 0.389 e. The number of hydrogen-bond donors (Lipinski definition) is 1. The van der Waals surface area contributed by atoms with Crippen LogP contribution in [0.25, 0.3) is 0 Å². The fraction of sp³-hybridized carbons (Fsp3) is 0.571. The smallest absolute Gasteiger partial charge is 0.389 e. The van der Waals surface area contributed by atoms with Gasteiger partial charge in [-0.25, -0.2) is 0 Å². The summed E-state index contributed by atoms with van der Waals surface area (Å²) < 4.78 is 47.1. The predicted octanol–water partition coefficient (Wildman–Crippen LogP) is 3.99. The minimum absolute atomic E-state index is 0.0279. The number of ether oxygens (including phenoxy) is 2. The second-order valence-corrected chi connectivity index (χ2v) is 4.91. The first kappa shape index (κ1) is 14.8. The number of fused-ring (bicyclic) bond motifs is 1. The van der Waals surface area contributed by atoms with Gasteiger partial charge in [-0.3, -0.25) is 0 Å². The number of anilines is 1. The summed E-state index contributed by atoms with van der Waals surface area (Å²) >= 11 is 0. The molecule has 1 aromatic rings. The van der Waals surface area contributed by atoms with Crippen molar-refractivity contribution in [1.29, 1.82) is 0 Å². The van der Waals surface area contributed by atoms with Crippen molar-refractivity contribution in [2.24, 2.45) is 0 Å². The third-order valence-electron chi connectivity index (χ3n) is 3.05. The Morgan fingerprint density at radius 2 is 1.90 bits per heavy atom. The van der Waals surface area contributed by atoms with E-state index in [0.29, 0.717) is 31.1 Å². The van der Waals surface area contributed by atoms with Crippen LogP contribution in [-0.4, -0.2) is 25.4 Å². The molecule has 0 aliphatic carbocycles. The first-order valence-corrected chi connectivity index (χ1v) is 6.67. The highest BCUT2D eigenvalue weighted by molar-refractivity contribution is 5.55. The SMILES string of the molecule is CC(CCCC(F)(F)F)Nc1ccc2c(c1)OCCO2. The van der Waals surface area contributed by atoms with Crippen molar-refractivity contribution in [2.45, 2.75) is 38.4 Å². The predicted molar refractivity (Wildman–Crippen MR) is 70.4 cm³/mol. The van der Waals surface area contributed by atoms with Crippen LogP contribution >= 0.6 is 0 Å². The highest BCUT2D eigenvalue weighted by Gasteiger charge is 2.26. The Morgan fingerprint density at radius 1 is 1.20 bits per heavy atom. The van der Waals surface area contributed by atoms with Gasteiger partial charge in [0, 0.05) is 24.2 Å². The zero-order valence-corrected chi connectivity index (χ0v) is 11.3. The number of rotatable bonds is 5. The third-order valence-corrected chi connectivity index (χ3v) is 3.05. The summed E-state index contributed by atoms with van der Waals surface area (Å²) in [5, 5.41) is 3.18. The summed E-state index contributed by atoms with van der Waals surface area (Å²) in [5.41, 5.74) is 0.828. The van der Waals surface area contributed by atoms with Crippen LogP contribution in [0.4, 0.5) is 18.9 Å². The van der Waals surface area contributed by atoms with Crippen molar-refractivity contribution < 1.29 is 22.6 Å². The topological polar surface area (TPSA) is 30.5 Å². The van der Waals surface area contributed by atoms with Crippen molar-refractivity contribution in [1.82, 2.24) is 0 Å². The van der Waals surface area contributed by atoms with Crippen LogP contribution < -0.4 is 14.8 Å². The van der Waals surface area contributed by atoms with Gasteiger partial charge in [0.2, 0.25) is 0 Å². The summed E-state index contributed by atoms with van der Waals surface area (Å²) in [5.74, 6) is 1.37. The Hall–Kier alpha value is -1.59. The lowest BCUT2D eigenvalue weighted by Crippen LogP contribution is -2.18. The van der Waals surface area contributed by atoms with Gasteiger partial charge >= 0.3 is 6.18 Å². The molecule has 0 saturated carbocycles. The van der Waals surface area contributed by atoms with E-state index in [4.69, 9.17) is 9.47 Å². The molecular weight excluding hydrogens is 271 g/mol. The molecule has 1 aromatic carbocycles. The van der Waals surface area contributed by atoms with E-state index in [-0.39, 0.29) is 12.5 Å². The molecule has 3 nitrogen and oxygen atoms in total. The molecule has 1 heterocycles. The molecule has 1 N–H and O–H groups in total. The van der Waals surface area contributed by atoms with Crippen LogP contribution in [0, 0.1) is 0 Å². The molecule has 1 atom stereocenters. The van der Waals surface area contributed by atoms with Crippen molar-refractivity contribution in [3.8, 4) is 11.5 Å². The number of nitrogens with one attached hydrogen (secondary N) is 1. The highest BCUT2D eigenvalue weighted by atomic mass is 19.4. The largest absolute Gasteiger partial charge is 0.486 e. The lowest BCUT2D eigenvalue weighted by Gasteiger charge is -2.21. The Balaban J connectivity index is 1.83. The number of hydrogen-bond acceptors (Lipinski definition) is 3. The van der Waals surface area contributed by atoms with E-state index in [1.165, 1.54) is 0 Å². The van der Waals surface area contributed by atoms with E-state index >= 15 is 0 Å². The molecule has 1 unspecified atom stereocenters. The molecule has 0 bridgehead atoms. The average Bonchev–Trinajstić information content (AvgIpc) is 2.37. The first-order chi connectivity index (χ1) is 9.44. The molecule has 0 aromatic heterocycles. The van der Waals surface area contributed by atoms with Gasteiger partial charge in [0.1, 0.15) is 13.2 Å². The molecule has 0 spiro atoms. The summed E-state index contributed by atoms with van der Waals surface area (Å²) in [4.78, 5) is 0. The molecule has 0 fully saturated rings. The van der Waals surface area contributed by atoms with Crippen molar-refractivity contribution in [2.75, 3.05) is 18.5 Å². The van der Waals surface area contributed by atoms with Crippen LogP contribution in [-0.2, 0) is 0 Å². The molecule has 112 valence electrons. The van der Waals surface area contributed by atoms with Crippen molar-refractivity contribution in [3.05, 3.63) is 18.2 Å². The van der Waals surface area contributed by atoms with E-state index in [1.807, 2.05) is 19.1 Å². The summed E-state index contributed by atoms with van der Waals surface area (Å²) in [6.07, 6.45) is -4.22. The number of benzene rings is 1. The van der Waals surface area contributed by atoms with E-state index in [1.54, 1.807) is 6.07 Å². The number of halogens is 3. The molecule has 6 heteroatoms. The molecule has 0 radical (unpaired) electrons. The highest BCUT2D eigenvalue weighted by Crippen LogP contribution is 2.33. The normalized spacial score (nSPS) is 15.8. The van der Waals surface area contributed by atoms with Gasteiger partial charge in [0.25, 0.3) is 0 Å². The van der Waals surface area contributed by atoms with Crippen LogP contribution in [0.2, 0.25) is 0 Å². The van der Waals surface area contributed by atoms with Crippen molar-refractivity contribution >= 4 is 5.69 Å². The first-order valence-electron chi connectivity index (χ1n) is 6.67. The second-order valence-electron chi connectivity index (χ2n) is 4.91. The Bertz CT molecular complexity index is 449. The summed E-state index contributed by atoms with van der Waals surface area (Å²) in [6, 6.07) is 5.43. The fourth-order valence-electron chi connectivity index (χ4n) is 2.10. The monoisotopic (exact) mass is 289 g/mol. The second kappa shape index (κ2) is 6.24. The quantitative estimate of drug-likeness (QED) is 0.889. The average molecular weight is 289 g/mol. The van der Waals surface area contributed by atoms with E-state index < -0.39 is 12.6 Å². The summed E-state index contributed by atoms with van der Waals surface area (Å²) in [7, 11) is 0. The lowest BCUT2D eigenvalue weighted by atomic mass is 10.1. The summed E-state index contributed by atoms with van der Waals surface area (Å²) in [6.45, 7) is 2.92. The zero-order valence-electron chi connectivity index (χ0n) is 11.3. The zero-order chi connectivity index (χ0) is 14.6. The Labute approximate surface area is 116 Å². The van der Waals surface area contributed by atoms with Gasteiger partial charge in [-0.1, -0.05) is 0 Å². The van der Waals surface area contributed by atoms with Crippen LogP contribution in [0.3, 0.4) is 0 Å². The van der Waals surface area contributed by atoms with Gasteiger partial charge in [0.05, 0.1) is 0 Å². The molecule has 20 heavy (non-hydrogen) atoms. The van der Waals surface area contributed by atoms with Crippen molar-refractivity contribution in [3.63, 3.8) is 0 Å². The molecule has 1 aliphatic rings. The van der Waals surface area contributed by atoms with E-state index in [0.717, 1.165) is 5.69 Å². The molecule has 1 aliphatic heterocycles. The third kappa shape index (κ3) is 4.51. The van der Waals surface area contributed by atoms with E-state index in [9.17, 15) is 13.2 Å². The van der Waals surface area contributed by atoms with Gasteiger partial charge in [-0.15, -0.1) is 0 Å². The number of alkyl halides is 3. The van der Waals surface area contributed by atoms with Crippen LogP contribution in [0.15, 0.2) is 18.2 Å². The molecule has 0 saturated heterocycles. The molecule has 0 amide bonds. The van der Waals surface area contributed by atoms with Gasteiger partial charge in [0.15, 0.2) is 11.5 Å².